The number of ether oxygens (including phenoxy) is 1. The van der Waals surface area contributed by atoms with E-state index >= 15 is 0 Å². The number of morpholine rings is 1. The second kappa shape index (κ2) is 9.17. The molecule has 8 heteroatoms. The van der Waals surface area contributed by atoms with Crippen LogP contribution in [0.5, 0.6) is 0 Å². The number of carbonyl (C=O) groups is 1. The molecule has 5 rings (SSSR count). The molecule has 2 amide bonds. The number of fused-ring (bicyclic) bond motifs is 1. The number of urea groups is 1. The fourth-order valence-corrected chi connectivity index (χ4v) is 4.45. The summed E-state index contributed by atoms with van der Waals surface area (Å²) < 4.78 is 11.1. The molecule has 0 bridgehead atoms. The lowest BCUT2D eigenvalue weighted by molar-refractivity contribution is 0.0342. The predicted molar refractivity (Wildman–Crippen MR) is 133 cm³/mol. The standard InChI is InChI=1S/C26H27N5O3/c1-17-3-2-4-21(15-17)31(26(28)32)20-8-5-18(6-9-20)22-10-7-19(16-30-11-13-33-14-12-30)24-23(22)25(27)29-34-24/h2-10,15H,11-14,16H2,1H3,(H2,27,29)(H2,28,32). The summed E-state index contributed by atoms with van der Waals surface area (Å²) in [4.78, 5) is 16.1. The number of benzene rings is 3. The van der Waals surface area contributed by atoms with Crippen LogP contribution >= 0.6 is 0 Å². The van der Waals surface area contributed by atoms with Crippen molar-refractivity contribution in [1.29, 1.82) is 0 Å². The van der Waals surface area contributed by atoms with E-state index in [0.29, 0.717) is 17.1 Å². The van der Waals surface area contributed by atoms with Crippen molar-refractivity contribution in [2.45, 2.75) is 13.5 Å². The second-order valence-electron chi connectivity index (χ2n) is 8.49. The van der Waals surface area contributed by atoms with Crippen LogP contribution in [0.15, 0.2) is 65.2 Å². The topological polar surface area (TPSA) is 111 Å². The number of nitrogen functional groups attached to an aromatic ring is 1. The monoisotopic (exact) mass is 457 g/mol. The van der Waals surface area contributed by atoms with E-state index < -0.39 is 6.03 Å². The van der Waals surface area contributed by atoms with Crippen molar-refractivity contribution in [1.82, 2.24) is 10.1 Å². The number of anilines is 3. The molecule has 1 aromatic heterocycles. The summed E-state index contributed by atoms with van der Waals surface area (Å²) in [6.45, 7) is 5.95. The minimum Gasteiger partial charge on any atom is -0.380 e. The zero-order valence-corrected chi connectivity index (χ0v) is 19.0. The van der Waals surface area contributed by atoms with E-state index in [-0.39, 0.29) is 0 Å². The number of rotatable bonds is 5. The molecule has 174 valence electrons. The molecule has 0 saturated carbocycles. The van der Waals surface area contributed by atoms with Gasteiger partial charge in [0.05, 0.1) is 30.0 Å². The maximum absolute atomic E-state index is 12.3. The van der Waals surface area contributed by atoms with Crippen LogP contribution < -0.4 is 16.4 Å². The van der Waals surface area contributed by atoms with Crippen LogP contribution in [0.3, 0.4) is 0 Å². The van der Waals surface area contributed by atoms with Crippen LogP contribution in [0.2, 0.25) is 0 Å². The minimum atomic E-state index is -0.545. The van der Waals surface area contributed by atoms with Gasteiger partial charge in [-0.05, 0) is 47.9 Å². The van der Waals surface area contributed by atoms with E-state index in [0.717, 1.165) is 66.2 Å². The van der Waals surface area contributed by atoms with Crippen LogP contribution in [0, 0.1) is 6.92 Å². The molecule has 1 aliphatic heterocycles. The molecular formula is C26H27N5O3. The van der Waals surface area contributed by atoms with Crippen LogP contribution in [-0.4, -0.2) is 42.4 Å². The Labute approximate surface area is 197 Å². The Hall–Kier alpha value is -3.88. The van der Waals surface area contributed by atoms with Gasteiger partial charge in [-0.2, -0.15) is 0 Å². The fourth-order valence-electron chi connectivity index (χ4n) is 4.45. The van der Waals surface area contributed by atoms with Crippen LogP contribution in [0.25, 0.3) is 22.1 Å². The summed E-state index contributed by atoms with van der Waals surface area (Å²) in [5.41, 5.74) is 18.0. The smallest absolute Gasteiger partial charge is 0.323 e. The Bertz CT molecular complexity index is 1330. The largest absolute Gasteiger partial charge is 0.380 e. The third-order valence-corrected chi connectivity index (χ3v) is 6.15. The third kappa shape index (κ3) is 4.21. The normalized spacial score (nSPS) is 14.4. The molecule has 2 heterocycles. The molecule has 0 aliphatic carbocycles. The molecule has 1 fully saturated rings. The number of amides is 2. The van der Waals surface area contributed by atoms with Gasteiger partial charge in [0.2, 0.25) is 0 Å². The Kier molecular flexibility index (Phi) is 5.91. The lowest BCUT2D eigenvalue weighted by Gasteiger charge is -2.26. The molecule has 1 aliphatic rings. The Balaban J connectivity index is 1.49. The highest BCUT2D eigenvalue weighted by molar-refractivity contribution is 6.03. The average Bonchev–Trinajstić information content (AvgIpc) is 3.23. The quantitative estimate of drug-likeness (QED) is 0.459. The summed E-state index contributed by atoms with van der Waals surface area (Å²) in [7, 11) is 0. The van der Waals surface area contributed by atoms with Gasteiger partial charge in [-0.1, -0.05) is 41.6 Å². The van der Waals surface area contributed by atoms with Gasteiger partial charge in [0.1, 0.15) is 0 Å². The van der Waals surface area contributed by atoms with Gasteiger partial charge in [0.15, 0.2) is 11.4 Å². The van der Waals surface area contributed by atoms with Crippen molar-refractivity contribution in [3.63, 3.8) is 0 Å². The highest BCUT2D eigenvalue weighted by Crippen LogP contribution is 2.36. The van der Waals surface area contributed by atoms with Crippen molar-refractivity contribution in [2.75, 3.05) is 36.9 Å². The lowest BCUT2D eigenvalue weighted by atomic mass is 9.98. The molecule has 0 spiro atoms. The zero-order chi connectivity index (χ0) is 23.7. The fraction of sp³-hybridized carbons (Fsp3) is 0.231. The average molecular weight is 458 g/mol. The zero-order valence-electron chi connectivity index (χ0n) is 19.0. The maximum atomic E-state index is 12.3. The summed E-state index contributed by atoms with van der Waals surface area (Å²) in [6.07, 6.45) is 0. The SMILES string of the molecule is Cc1cccc(N(C(N)=O)c2ccc(-c3ccc(CN4CCOCC4)c4onc(N)c34)cc2)c1. The molecule has 0 atom stereocenters. The van der Waals surface area contributed by atoms with Gasteiger partial charge in [0.25, 0.3) is 0 Å². The van der Waals surface area contributed by atoms with Gasteiger partial charge in [-0.25, -0.2) is 4.79 Å². The summed E-state index contributed by atoms with van der Waals surface area (Å²) >= 11 is 0. The molecule has 4 aromatic rings. The summed E-state index contributed by atoms with van der Waals surface area (Å²) in [5.74, 6) is 0.358. The minimum absolute atomic E-state index is 0.358. The van der Waals surface area contributed by atoms with Crippen molar-refractivity contribution in [3.8, 4) is 11.1 Å². The Morgan fingerprint density at radius 2 is 1.82 bits per heavy atom. The van der Waals surface area contributed by atoms with Crippen molar-refractivity contribution < 1.29 is 14.1 Å². The molecule has 8 nitrogen and oxygen atoms in total. The number of hydrogen-bond acceptors (Lipinski definition) is 6. The number of nitrogens with two attached hydrogens (primary N) is 2. The summed E-state index contributed by atoms with van der Waals surface area (Å²) in [5, 5.41) is 4.84. The molecule has 0 radical (unpaired) electrons. The Morgan fingerprint density at radius 3 is 2.53 bits per heavy atom. The number of aromatic nitrogens is 1. The Morgan fingerprint density at radius 1 is 1.06 bits per heavy atom. The molecular weight excluding hydrogens is 430 g/mol. The van der Waals surface area contributed by atoms with E-state index in [9.17, 15) is 4.79 Å². The first kappa shape index (κ1) is 21.9. The molecule has 3 aromatic carbocycles. The number of hydrogen-bond donors (Lipinski definition) is 2. The first-order chi connectivity index (χ1) is 16.5. The first-order valence-electron chi connectivity index (χ1n) is 11.2. The molecule has 1 saturated heterocycles. The number of primary amides is 1. The predicted octanol–water partition coefficient (Wildman–Crippen LogP) is 4.43. The van der Waals surface area contributed by atoms with Gasteiger partial charge in [-0.15, -0.1) is 0 Å². The third-order valence-electron chi connectivity index (χ3n) is 6.15. The van der Waals surface area contributed by atoms with E-state index in [1.807, 2.05) is 61.5 Å². The highest BCUT2D eigenvalue weighted by Gasteiger charge is 2.20. The van der Waals surface area contributed by atoms with Gasteiger partial charge >= 0.3 is 6.03 Å². The van der Waals surface area contributed by atoms with Crippen LogP contribution in [0.1, 0.15) is 11.1 Å². The van der Waals surface area contributed by atoms with Gasteiger partial charge in [-0.3, -0.25) is 9.80 Å². The lowest BCUT2D eigenvalue weighted by Crippen LogP contribution is -2.35. The molecule has 4 N–H and O–H groups in total. The number of carbonyl (C=O) groups excluding carboxylic acids is 1. The van der Waals surface area contributed by atoms with Crippen LogP contribution in [-0.2, 0) is 11.3 Å². The van der Waals surface area contributed by atoms with Gasteiger partial charge < -0.3 is 20.7 Å². The van der Waals surface area contributed by atoms with E-state index in [4.69, 9.17) is 20.7 Å². The van der Waals surface area contributed by atoms with Crippen molar-refractivity contribution in [2.24, 2.45) is 5.73 Å². The van der Waals surface area contributed by atoms with Crippen molar-refractivity contribution in [3.05, 3.63) is 71.8 Å². The van der Waals surface area contributed by atoms with Crippen molar-refractivity contribution >= 4 is 34.2 Å². The second-order valence-corrected chi connectivity index (χ2v) is 8.49. The van der Waals surface area contributed by atoms with E-state index in [1.165, 1.54) is 4.90 Å². The highest BCUT2D eigenvalue weighted by atomic mass is 16.5. The molecule has 0 unspecified atom stereocenters. The number of nitrogens with zero attached hydrogens (tertiary/aromatic N) is 3. The summed E-state index contributed by atoms with van der Waals surface area (Å²) in [6, 6.07) is 18.9. The maximum Gasteiger partial charge on any atom is 0.323 e. The molecule has 34 heavy (non-hydrogen) atoms. The van der Waals surface area contributed by atoms with E-state index in [2.05, 4.69) is 16.1 Å². The number of aryl methyl sites for hydroxylation is 1. The first-order valence-corrected chi connectivity index (χ1v) is 11.2. The van der Waals surface area contributed by atoms with Crippen LogP contribution in [0.4, 0.5) is 22.0 Å². The van der Waals surface area contributed by atoms with E-state index in [1.54, 1.807) is 0 Å². The van der Waals surface area contributed by atoms with Gasteiger partial charge in [0, 0.05) is 25.2 Å².